The van der Waals surface area contributed by atoms with E-state index >= 15 is 0 Å². The Labute approximate surface area is 193 Å². The summed E-state index contributed by atoms with van der Waals surface area (Å²) in [6.45, 7) is 7.36. The molecule has 0 radical (unpaired) electrons. The maximum Gasteiger partial charge on any atom is 0.142 e. The molecule has 168 valence electrons. The van der Waals surface area contributed by atoms with Crippen molar-refractivity contribution in [2.75, 3.05) is 4.90 Å². The van der Waals surface area contributed by atoms with Gasteiger partial charge in [-0.25, -0.2) is 0 Å². The van der Waals surface area contributed by atoms with Gasteiger partial charge in [-0.15, -0.1) is 0 Å². The van der Waals surface area contributed by atoms with E-state index in [1.807, 2.05) is 75.4 Å². The number of benzene rings is 4. The van der Waals surface area contributed by atoms with E-state index in [2.05, 4.69) is 0 Å². The third-order valence-electron chi connectivity index (χ3n) is 5.70. The zero-order valence-electron chi connectivity index (χ0n) is 19.1. The molecular weight excluding hydrogens is 414 g/mol. The van der Waals surface area contributed by atoms with E-state index in [0.717, 1.165) is 16.7 Å². The predicted octanol–water partition coefficient (Wildman–Crippen LogP) is 7.30. The van der Waals surface area contributed by atoms with Crippen LogP contribution in [0.4, 0.5) is 17.1 Å². The smallest absolute Gasteiger partial charge is 0.142 e. The Balaban J connectivity index is 1.85. The van der Waals surface area contributed by atoms with E-state index < -0.39 is 0 Å². The van der Waals surface area contributed by atoms with Crippen molar-refractivity contribution < 1.29 is 20.1 Å². The van der Waals surface area contributed by atoms with E-state index in [1.165, 1.54) is 0 Å². The molecule has 33 heavy (non-hydrogen) atoms. The summed E-state index contributed by atoms with van der Waals surface area (Å²) in [5, 5.41) is 31.9. The molecule has 0 aliphatic carbocycles. The Hall–Kier alpha value is -4.12. The fraction of sp³-hybridized carbons (Fsp3) is 0.143. The number of hydrogen-bond acceptors (Lipinski definition) is 5. The Kier molecular flexibility index (Phi) is 5.88. The number of anilines is 3. The van der Waals surface area contributed by atoms with Gasteiger partial charge in [0.1, 0.15) is 28.7 Å². The van der Waals surface area contributed by atoms with Crippen LogP contribution in [0.15, 0.2) is 72.8 Å². The molecule has 0 atom stereocenters. The Morgan fingerprint density at radius 3 is 1.85 bits per heavy atom. The molecule has 4 aromatic rings. The average Bonchev–Trinajstić information content (AvgIpc) is 2.78. The van der Waals surface area contributed by atoms with Crippen LogP contribution >= 0.6 is 0 Å². The van der Waals surface area contributed by atoms with Gasteiger partial charge in [-0.1, -0.05) is 30.3 Å². The van der Waals surface area contributed by atoms with Gasteiger partial charge in [-0.2, -0.15) is 0 Å². The SMILES string of the molecule is Cc1cc(O)c(C)c(Oc2cccc(N(c3cccc(C)c3O)c3cccc(C)c3O)c2)c1. The minimum atomic E-state index is 0.129. The molecular formula is C28H27NO4. The van der Waals surface area contributed by atoms with Crippen molar-refractivity contribution in [2.24, 2.45) is 0 Å². The van der Waals surface area contributed by atoms with Gasteiger partial charge in [-0.05, 0) is 80.8 Å². The number of aryl methyl sites for hydroxylation is 3. The summed E-state index contributed by atoms with van der Waals surface area (Å²) < 4.78 is 6.13. The highest BCUT2D eigenvalue weighted by Gasteiger charge is 2.21. The van der Waals surface area contributed by atoms with E-state index in [4.69, 9.17) is 4.74 Å². The maximum absolute atomic E-state index is 10.9. The third kappa shape index (κ3) is 4.30. The number of aromatic hydroxyl groups is 3. The molecule has 0 bridgehead atoms. The number of phenolic OH excluding ortho intramolecular Hbond substituents is 3. The first-order valence-electron chi connectivity index (χ1n) is 10.7. The Morgan fingerprint density at radius 2 is 1.24 bits per heavy atom. The van der Waals surface area contributed by atoms with Crippen LogP contribution in [0.2, 0.25) is 0 Å². The molecule has 0 aliphatic rings. The van der Waals surface area contributed by atoms with Crippen molar-refractivity contribution in [3.63, 3.8) is 0 Å². The zero-order valence-corrected chi connectivity index (χ0v) is 19.1. The molecule has 0 aromatic heterocycles. The summed E-state index contributed by atoms with van der Waals surface area (Å²) in [7, 11) is 0. The van der Waals surface area contributed by atoms with Gasteiger partial charge < -0.3 is 25.0 Å². The molecule has 5 heteroatoms. The molecule has 5 nitrogen and oxygen atoms in total. The Morgan fingerprint density at radius 1 is 0.667 bits per heavy atom. The van der Waals surface area contributed by atoms with Crippen molar-refractivity contribution in [1.29, 1.82) is 0 Å². The maximum atomic E-state index is 10.9. The second-order valence-electron chi connectivity index (χ2n) is 8.23. The number of phenols is 3. The van der Waals surface area contributed by atoms with Gasteiger partial charge in [0, 0.05) is 11.6 Å². The fourth-order valence-electron chi connectivity index (χ4n) is 3.78. The lowest BCUT2D eigenvalue weighted by Gasteiger charge is -2.28. The van der Waals surface area contributed by atoms with E-state index in [0.29, 0.717) is 34.1 Å². The standard InChI is InChI=1S/C28H27NO4/c1-17-14-25(30)20(4)26(15-17)33-22-11-7-10-21(16-22)29(23-12-5-8-18(2)27(23)31)24-13-6-9-19(3)28(24)32/h5-16,30-32H,1-4H3. The van der Waals surface area contributed by atoms with Crippen molar-refractivity contribution in [3.05, 3.63) is 95.1 Å². The lowest BCUT2D eigenvalue weighted by molar-refractivity contribution is 0.447. The number of hydrogen-bond donors (Lipinski definition) is 3. The van der Waals surface area contributed by atoms with E-state index in [-0.39, 0.29) is 17.2 Å². The van der Waals surface area contributed by atoms with Crippen molar-refractivity contribution in [1.82, 2.24) is 0 Å². The normalized spacial score (nSPS) is 10.8. The number of para-hydroxylation sites is 2. The molecule has 3 N–H and O–H groups in total. The zero-order chi connectivity index (χ0) is 23.7. The summed E-state index contributed by atoms with van der Waals surface area (Å²) in [6, 6.07) is 22.0. The summed E-state index contributed by atoms with van der Waals surface area (Å²) >= 11 is 0. The predicted molar refractivity (Wildman–Crippen MR) is 132 cm³/mol. The van der Waals surface area contributed by atoms with Gasteiger partial charge in [0.05, 0.1) is 17.1 Å². The van der Waals surface area contributed by atoms with Crippen LogP contribution in [-0.4, -0.2) is 15.3 Å². The summed E-state index contributed by atoms with van der Waals surface area (Å²) in [5.41, 5.74) is 4.76. The van der Waals surface area contributed by atoms with Crippen LogP contribution in [-0.2, 0) is 0 Å². The van der Waals surface area contributed by atoms with E-state index in [9.17, 15) is 15.3 Å². The van der Waals surface area contributed by atoms with Crippen LogP contribution in [0, 0.1) is 27.7 Å². The highest BCUT2D eigenvalue weighted by molar-refractivity contribution is 5.84. The van der Waals surface area contributed by atoms with Crippen LogP contribution < -0.4 is 9.64 Å². The molecule has 0 saturated heterocycles. The molecule has 0 aliphatic heterocycles. The largest absolute Gasteiger partial charge is 0.508 e. The molecule has 0 spiro atoms. The van der Waals surface area contributed by atoms with Gasteiger partial charge >= 0.3 is 0 Å². The monoisotopic (exact) mass is 441 g/mol. The summed E-state index contributed by atoms with van der Waals surface area (Å²) in [4.78, 5) is 1.80. The first-order chi connectivity index (χ1) is 15.8. The molecule has 0 unspecified atom stereocenters. The number of rotatable bonds is 5. The molecule has 0 heterocycles. The van der Waals surface area contributed by atoms with Crippen molar-refractivity contribution in [2.45, 2.75) is 27.7 Å². The minimum absolute atomic E-state index is 0.129. The molecule has 4 aromatic carbocycles. The minimum Gasteiger partial charge on any atom is -0.508 e. The lowest BCUT2D eigenvalue weighted by atomic mass is 10.1. The van der Waals surface area contributed by atoms with Crippen LogP contribution in [0.5, 0.6) is 28.7 Å². The molecule has 4 rings (SSSR count). The second kappa shape index (κ2) is 8.79. The lowest BCUT2D eigenvalue weighted by Crippen LogP contribution is -2.11. The van der Waals surface area contributed by atoms with Gasteiger partial charge in [0.2, 0.25) is 0 Å². The molecule has 0 fully saturated rings. The average molecular weight is 442 g/mol. The topological polar surface area (TPSA) is 73.2 Å². The highest BCUT2D eigenvalue weighted by atomic mass is 16.5. The van der Waals surface area contributed by atoms with Crippen LogP contribution in [0.25, 0.3) is 0 Å². The first-order valence-corrected chi connectivity index (χ1v) is 10.7. The summed E-state index contributed by atoms with van der Waals surface area (Å²) in [5.74, 6) is 1.56. The number of ether oxygens (including phenoxy) is 1. The number of nitrogens with zero attached hydrogens (tertiary/aromatic N) is 1. The van der Waals surface area contributed by atoms with Crippen molar-refractivity contribution >= 4 is 17.1 Å². The van der Waals surface area contributed by atoms with E-state index in [1.54, 1.807) is 30.0 Å². The van der Waals surface area contributed by atoms with Gasteiger partial charge in [-0.3, -0.25) is 0 Å². The van der Waals surface area contributed by atoms with Crippen LogP contribution in [0.3, 0.4) is 0 Å². The first kappa shape index (κ1) is 22.1. The fourth-order valence-corrected chi connectivity index (χ4v) is 3.78. The quantitative estimate of drug-likeness (QED) is 0.303. The molecule has 0 saturated carbocycles. The second-order valence-corrected chi connectivity index (χ2v) is 8.23. The third-order valence-corrected chi connectivity index (χ3v) is 5.70. The highest BCUT2D eigenvalue weighted by Crippen LogP contribution is 2.46. The van der Waals surface area contributed by atoms with Gasteiger partial charge in [0.25, 0.3) is 0 Å². The van der Waals surface area contributed by atoms with Crippen LogP contribution in [0.1, 0.15) is 22.3 Å². The molecule has 0 amide bonds. The summed E-state index contributed by atoms with van der Waals surface area (Å²) in [6.07, 6.45) is 0. The van der Waals surface area contributed by atoms with Crippen molar-refractivity contribution in [3.8, 4) is 28.7 Å². The van der Waals surface area contributed by atoms with Gasteiger partial charge in [0.15, 0.2) is 0 Å². The Bertz CT molecular complexity index is 1280.